The second kappa shape index (κ2) is 8.81. The molecular weight excluding hydrogens is 386 g/mol. The number of nitrogens with one attached hydrogen (secondary N) is 2. The normalized spacial score (nSPS) is 11.3. The van der Waals surface area contributed by atoms with E-state index in [4.69, 9.17) is 4.74 Å². The molecule has 0 aliphatic rings. The summed E-state index contributed by atoms with van der Waals surface area (Å²) in [5, 5.41) is 13.3. The topological polar surface area (TPSA) is 128 Å². The summed E-state index contributed by atoms with van der Waals surface area (Å²) in [5.41, 5.74) is 0.770. The summed E-state index contributed by atoms with van der Waals surface area (Å²) >= 11 is 0. The van der Waals surface area contributed by atoms with Gasteiger partial charge in [0.1, 0.15) is 10.6 Å². The number of ether oxygens (including phenoxy) is 1. The number of sulfonamides is 1. The summed E-state index contributed by atoms with van der Waals surface area (Å²) in [6.07, 6.45) is 0. The number of nitro benzene ring substituents is 1. The highest BCUT2D eigenvalue weighted by atomic mass is 32.2. The lowest BCUT2D eigenvalue weighted by molar-refractivity contribution is -0.384. The lowest BCUT2D eigenvalue weighted by Gasteiger charge is -2.14. The lowest BCUT2D eigenvalue weighted by atomic mass is 10.1. The Bertz CT molecular complexity index is 971. The van der Waals surface area contributed by atoms with Crippen molar-refractivity contribution in [2.45, 2.75) is 31.3 Å². The summed E-state index contributed by atoms with van der Waals surface area (Å²) in [6, 6.07) is 9.55. The number of carbonyl (C=O) groups excluding carboxylic acids is 1. The van der Waals surface area contributed by atoms with Crippen LogP contribution in [0.5, 0.6) is 5.75 Å². The molecule has 9 nitrogen and oxygen atoms in total. The van der Waals surface area contributed by atoms with Crippen molar-refractivity contribution >= 4 is 21.6 Å². The second-order valence-electron chi connectivity index (χ2n) is 6.25. The monoisotopic (exact) mass is 407 g/mol. The van der Waals surface area contributed by atoms with Gasteiger partial charge in [0, 0.05) is 30.3 Å². The fraction of sp³-hybridized carbons (Fsp3) is 0.278. The first-order valence-electron chi connectivity index (χ1n) is 8.36. The Morgan fingerprint density at radius 1 is 1.18 bits per heavy atom. The zero-order valence-electron chi connectivity index (χ0n) is 15.6. The predicted octanol–water partition coefficient (Wildman–Crippen LogP) is 2.22. The van der Waals surface area contributed by atoms with Crippen molar-refractivity contribution in [3.05, 3.63) is 63.7 Å². The maximum Gasteiger partial charge on any atom is 0.269 e. The molecule has 2 rings (SSSR count). The third-order valence-corrected chi connectivity index (χ3v) is 5.39. The molecule has 10 heteroatoms. The van der Waals surface area contributed by atoms with Gasteiger partial charge in [-0.3, -0.25) is 14.9 Å². The largest absolute Gasteiger partial charge is 0.495 e. The summed E-state index contributed by atoms with van der Waals surface area (Å²) in [6.45, 7) is 3.50. The Kier molecular flexibility index (Phi) is 6.71. The second-order valence-corrected chi connectivity index (χ2v) is 7.93. The van der Waals surface area contributed by atoms with Gasteiger partial charge in [0.05, 0.1) is 12.0 Å². The fourth-order valence-electron chi connectivity index (χ4n) is 2.42. The number of hydrogen-bond acceptors (Lipinski definition) is 6. The van der Waals surface area contributed by atoms with Gasteiger partial charge >= 0.3 is 0 Å². The van der Waals surface area contributed by atoms with Gasteiger partial charge in [0.15, 0.2) is 0 Å². The van der Waals surface area contributed by atoms with Gasteiger partial charge in [-0.25, -0.2) is 13.1 Å². The van der Waals surface area contributed by atoms with Gasteiger partial charge in [-0.05, 0) is 37.6 Å². The minimum absolute atomic E-state index is 0.0438. The van der Waals surface area contributed by atoms with Crippen LogP contribution in [0.3, 0.4) is 0 Å². The van der Waals surface area contributed by atoms with E-state index in [2.05, 4.69) is 10.0 Å². The Labute approximate surface area is 162 Å². The van der Waals surface area contributed by atoms with E-state index < -0.39 is 20.9 Å². The third-order valence-electron chi connectivity index (χ3n) is 3.71. The van der Waals surface area contributed by atoms with E-state index >= 15 is 0 Å². The standard InChI is InChI=1S/C18H21N3O6S/c1-12(2)20-28(25,26)17-10-14(6-9-16(17)27-3)18(22)19-11-13-4-7-15(8-5-13)21(23)24/h4-10,12,20H,11H2,1-3H3,(H,19,22). The average Bonchev–Trinajstić information content (AvgIpc) is 2.64. The van der Waals surface area contributed by atoms with Crippen molar-refractivity contribution in [1.29, 1.82) is 0 Å². The minimum Gasteiger partial charge on any atom is -0.495 e. The number of methoxy groups -OCH3 is 1. The Morgan fingerprint density at radius 3 is 2.36 bits per heavy atom. The van der Waals surface area contributed by atoms with E-state index in [1.807, 2.05) is 0 Å². The van der Waals surface area contributed by atoms with Crippen molar-refractivity contribution in [2.75, 3.05) is 7.11 Å². The first kappa shape index (κ1) is 21.3. The molecule has 0 aliphatic carbocycles. The Morgan fingerprint density at radius 2 is 1.82 bits per heavy atom. The number of nitro groups is 1. The zero-order valence-corrected chi connectivity index (χ0v) is 16.4. The number of rotatable bonds is 8. The number of benzene rings is 2. The molecule has 2 aromatic carbocycles. The minimum atomic E-state index is -3.86. The first-order chi connectivity index (χ1) is 13.1. The van der Waals surface area contributed by atoms with Gasteiger partial charge < -0.3 is 10.1 Å². The van der Waals surface area contributed by atoms with Crippen molar-refractivity contribution in [3.63, 3.8) is 0 Å². The Hall–Kier alpha value is -2.98. The lowest BCUT2D eigenvalue weighted by Crippen LogP contribution is -2.31. The molecule has 0 bridgehead atoms. The Balaban J connectivity index is 2.19. The van der Waals surface area contributed by atoms with Crippen LogP contribution in [0.1, 0.15) is 29.8 Å². The number of non-ortho nitro benzene ring substituents is 1. The van der Waals surface area contributed by atoms with Crippen LogP contribution in [0.25, 0.3) is 0 Å². The SMILES string of the molecule is COc1ccc(C(=O)NCc2ccc([N+](=O)[O-])cc2)cc1S(=O)(=O)NC(C)C. The number of hydrogen-bond donors (Lipinski definition) is 2. The molecule has 0 saturated heterocycles. The highest BCUT2D eigenvalue weighted by Gasteiger charge is 2.22. The van der Waals surface area contributed by atoms with Gasteiger partial charge in [0.2, 0.25) is 10.0 Å². The summed E-state index contributed by atoms with van der Waals surface area (Å²) < 4.78 is 32.5. The molecule has 28 heavy (non-hydrogen) atoms. The fourth-order valence-corrected chi connectivity index (χ4v) is 3.87. The van der Waals surface area contributed by atoms with Crippen molar-refractivity contribution in [3.8, 4) is 5.75 Å². The number of nitrogens with zero attached hydrogens (tertiary/aromatic N) is 1. The maximum absolute atomic E-state index is 12.5. The molecule has 0 atom stereocenters. The molecule has 0 unspecified atom stereocenters. The van der Waals surface area contributed by atoms with E-state index in [0.29, 0.717) is 5.56 Å². The van der Waals surface area contributed by atoms with Gasteiger partial charge in [-0.2, -0.15) is 0 Å². The van der Waals surface area contributed by atoms with Crippen molar-refractivity contribution in [2.24, 2.45) is 0 Å². The predicted molar refractivity (Wildman–Crippen MR) is 103 cm³/mol. The van der Waals surface area contributed by atoms with Crippen LogP contribution in [-0.4, -0.2) is 32.4 Å². The molecule has 0 aromatic heterocycles. The summed E-state index contributed by atoms with van der Waals surface area (Å²) in [4.78, 5) is 22.4. The van der Waals surface area contributed by atoms with Gasteiger partial charge in [0.25, 0.3) is 11.6 Å². The quantitative estimate of drug-likeness (QED) is 0.510. The molecule has 0 fully saturated rings. The van der Waals surface area contributed by atoms with Crippen molar-refractivity contribution in [1.82, 2.24) is 10.0 Å². The molecule has 0 spiro atoms. The van der Waals surface area contributed by atoms with Crippen LogP contribution >= 0.6 is 0 Å². The highest BCUT2D eigenvalue weighted by Crippen LogP contribution is 2.25. The van der Waals surface area contributed by atoms with Gasteiger partial charge in [-0.1, -0.05) is 12.1 Å². The van der Waals surface area contributed by atoms with E-state index in [0.717, 1.165) is 0 Å². The van der Waals surface area contributed by atoms with Gasteiger partial charge in [-0.15, -0.1) is 0 Å². The van der Waals surface area contributed by atoms with Crippen LogP contribution in [0.15, 0.2) is 47.4 Å². The smallest absolute Gasteiger partial charge is 0.269 e. The molecular formula is C18H21N3O6S. The first-order valence-corrected chi connectivity index (χ1v) is 9.84. The maximum atomic E-state index is 12.5. The molecule has 0 saturated carbocycles. The highest BCUT2D eigenvalue weighted by molar-refractivity contribution is 7.89. The molecule has 2 aromatic rings. The van der Waals surface area contributed by atoms with E-state index in [1.54, 1.807) is 13.8 Å². The van der Waals surface area contributed by atoms with Crippen LogP contribution in [0.4, 0.5) is 5.69 Å². The van der Waals surface area contributed by atoms with E-state index in [-0.39, 0.29) is 34.5 Å². The molecule has 1 amide bonds. The number of carbonyl (C=O) groups is 1. The summed E-state index contributed by atoms with van der Waals surface area (Å²) in [5.74, 6) is -0.359. The van der Waals surface area contributed by atoms with Crippen LogP contribution in [0.2, 0.25) is 0 Å². The van der Waals surface area contributed by atoms with Crippen LogP contribution in [0, 0.1) is 10.1 Å². The molecule has 2 N–H and O–H groups in total. The van der Waals surface area contributed by atoms with Crippen LogP contribution < -0.4 is 14.8 Å². The molecule has 0 radical (unpaired) electrons. The number of amides is 1. The average molecular weight is 407 g/mol. The zero-order chi connectivity index (χ0) is 20.9. The van der Waals surface area contributed by atoms with Crippen molar-refractivity contribution < 1.29 is 22.9 Å². The third kappa shape index (κ3) is 5.27. The van der Waals surface area contributed by atoms with E-state index in [1.165, 1.54) is 49.6 Å². The molecule has 0 heterocycles. The van der Waals surface area contributed by atoms with Crippen LogP contribution in [-0.2, 0) is 16.6 Å². The molecule has 0 aliphatic heterocycles. The summed E-state index contributed by atoms with van der Waals surface area (Å²) in [7, 11) is -2.51. The molecule has 150 valence electrons. The van der Waals surface area contributed by atoms with E-state index in [9.17, 15) is 23.3 Å².